The number of anilines is 1. The fourth-order valence-corrected chi connectivity index (χ4v) is 5.48. The predicted molar refractivity (Wildman–Crippen MR) is 105 cm³/mol. The fraction of sp³-hybridized carbons (Fsp3) is 0.167. The van der Waals surface area contributed by atoms with Crippen LogP contribution in [0.3, 0.4) is 0 Å². The second-order valence-electron chi connectivity index (χ2n) is 7.22. The van der Waals surface area contributed by atoms with Crippen LogP contribution in [0.15, 0.2) is 43.1 Å². The number of ether oxygens (including phenoxy) is 1. The lowest BCUT2D eigenvalue weighted by molar-refractivity contribution is -0.305. The van der Waals surface area contributed by atoms with E-state index in [-0.39, 0.29) is 17.1 Å². The van der Waals surface area contributed by atoms with Gasteiger partial charge in [-0.2, -0.15) is 0 Å². The molecule has 1 N–H and O–H groups in total. The molecule has 1 spiro atoms. The molecule has 7 rings (SSSR count). The van der Waals surface area contributed by atoms with Gasteiger partial charge in [-0.3, -0.25) is 4.98 Å². The number of tetrazole rings is 1. The van der Waals surface area contributed by atoms with Crippen molar-refractivity contribution in [3.63, 3.8) is 0 Å². The number of amides is 1. The van der Waals surface area contributed by atoms with Gasteiger partial charge in [0, 0.05) is 23.5 Å². The van der Waals surface area contributed by atoms with E-state index in [1.807, 2.05) is 0 Å². The molecular formula is C18H11F2N6O7P. The Bertz CT molecular complexity index is 1410. The van der Waals surface area contributed by atoms with Gasteiger partial charge in [0.1, 0.15) is 11.5 Å². The third-order valence-corrected chi connectivity index (χ3v) is 6.73. The molecule has 6 heterocycles. The Morgan fingerprint density at radius 3 is 2.65 bits per heavy atom. The number of phosphoric acid groups is 1. The van der Waals surface area contributed by atoms with Gasteiger partial charge in [-0.15, -0.1) is 15.0 Å². The van der Waals surface area contributed by atoms with Gasteiger partial charge in [-0.05, 0) is 29.5 Å². The van der Waals surface area contributed by atoms with Crippen molar-refractivity contribution in [3.05, 3.63) is 48.9 Å². The topological polar surface area (TPSA) is 151 Å². The minimum absolute atomic E-state index is 0.108. The quantitative estimate of drug-likeness (QED) is 0.523. The summed E-state index contributed by atoms with van der Waals surface area (Å²) in [5, 5.41) is 21.1. The summed E-state index contributed by atoms with van der Waals surface area (Å²) in [6.45, 7) is 3.52. The lowest BCUT2D eigenvalue weighted by atomic mass is 10.1. The maximum absolute atomic E-state index is 15.1. The third-order valence-electron chi connectivity index (χ3n) is 5.29. The normalized spacial score (nSPS) is 30.0. The van der Waals surface area contributed by atoms with E-state index < -0.39 is 37.8 Å². The Hall–Kier alpha value is -3.62. The third kappa shape index (κ3) is 2.60. The number of aliphatic hydroxyl groups is 1. The molecule has 0 unspecified atom stereocenters. The van der Waals surface area contributed by atoms with Crippen LogP contribution in [0, 0.1) is 5.82 Å². The molecule has 16 heteroatoms. The van der Waals surface area contributed by atoms with Crippen LogP contribution < -0.4 is 4.90 Å². The van der Waals surface area contributed by atoms with Crippen LogP contribution in [-0.4, -0.2) is 54.4 Å². The molecule has 34 heavy (non-hydrogen) atoms. The molecule has 4 fully saturated rings. The van der Waals surface area contributed by atoms with Crippen LogP contribution in [0.2, 0.25) is 0 Å². The minimum Gasteiger partial charge on any atom is -0.402 e. The Morgan fingerprint density at radius 2 is 2.03 bits per heavy atom. The van der Waals surface area contributed by atoms with Crippen molar-refractivity contribution < 1.29 is 41.6 Å². The highest BCUT2D eigenvalue weighted by Crippen LogP contribution is 2.81. The fourth-order valence-electron chi connectivity index (χ4n) is 3.80. The first-order valence-electron chi connectivity index (χ1n) is 9.46. The molecule has 2 aromatic heterocycles. The van der Waals surface area contributed by atoms with E-state index >= 15 is 4.39 Å². The standard InChI is InChI=1S/C18H11F2N6O7P/c1-2-25-23-14(22-24-25)13-6-3-9(8-21-13)11-5-4-10(7-12(11)19)26-16(28)30-17(15(20)27)18(26)32-34(29,31-17)33-18/h2-8,15,27H,1H2/t15-,17-,18?,34?/m1/s1. The van der Waals surface area contributed by atoms with Crippen LogP contribution >= 0.6 is 7.82 Å². The minimum atomic E-state index is -4.23. The summed E-state index contributed by atoms with van der Waals surface area (Å²) in [4.78, 5) is 18.4. The van der Waals surface area contributed by atoms with E-state index in [1.165, 1.54) is 24.5 Å². The zero-order chi connectivity index (χ0) is 23.9. The van der Waals surface area contributed by atoms with Gasteiger partial charge in [0.15, 0.2) is 0 Å². The van der Waals surface area contributed by atoms with E-state index in [1.54, 1.807) is 12.1 Å². The summed E-state index contributed by atoms with van der Waals surface area (Å²) < 4.78 is 60.6. The van der Waals surface area contributed by atoms with E-state index in [0.717, 1.165) is 10.9 Å². The van der Waals surface area contributed by atoms with E-state index in [0.29, 0.717) is 16.2 Å². The number of halogens is 2. The molecule has 13 nitrogen and oxygen atoms in total. The van der Waals surface area contributed by atoms with Crippen LogP contribution in [-0.2, 0) is 22.9 Å². The number of aliphatic hydroxyl groups excluding tert-OH is 1. The van der Waals surface area contributed by atoms with Crippen LogP contribution in [0.1, 0.15) is 0 Å². The van der Waals surface area contributed by atoms with E-state index in [9.17, 15) is 18.9 Å². The Balaban J connectivity index is 1.32. The van der Waals surface area contributed by atoms with Gasteiger partial charge in [-0.25, -0.2) is 36.6 Å². The lowest BCUT2D eigenvalue weighted by Crippen LogP contribution is -2.63. The smallest absolute Gasteiger partial charge is 0.402 e. The van der Waals surface area contributed by atoms with Crippen molar-refractivity contribution in [1.82, 2.24) is 25.2 Å². The zero-order valence-corrected chi connectivity index (χ0v) is 17.5. The zero-order valence-electron chi connectivity index (χ0n) is 16.6. The van der Waals surface area contributed by atoms with Crippen LogP contribution in [0.25, 0.3) is 28.8 Å². The van der Waals surface area contributed by atoms with Gasteiger partial charge < -0.3 is 9.84 Å². The van der Waals surface area contributed by atoms with Crippen LogP contribution in [0.4, 0.5) is 19.3 Å². The Kier molecular flexibility index (Phi) is 4.14. The predicted octanol–water partition coefficient (Wildman–Crippen LogP) is 2.42. The summed E-state index contributed by atoms with van der Waals surface area (Å²) in [5.41, 5.74) is 0.680. The number of carbonyl (C=O) groups excluding carboxylic acids is 1. The highest BCUT2D eigenvalue weighted by atomic mass is 31.2. The number of benzene rings is 1. The number of alkyl halides is 1. The second kappa shape index (κ2) is 6.71. The van der Waals surface area contributed by atoms with Gasteiger partial charge in [0.2, 0.25) is 5.82 Å². The molecule has 4 aliphatic heterocycles. The molecule has 0 saturated carbocycles. The monoisotopic (exact) mass is 492 g/mol. The molecule has 0 aliphatic carbocycles. The highest BCUT2D eigenvalue weighted by Gasteiger charge is 2.92. The number of aromatic nitrogens is 5. The maximum atomic E-state index is 15.1. The number of phosphoric ester groups is 1. The first-order chi connectivity index (χ1) is 16.2. The molecule has 0 radical (unpaired) electrons. The summed E-state index contributed by atoms with van der Waals surface area (Å²) in [7, 11) is -4.23. The number of carbonyl (C=O) groups is 1. The second-order valence-corrected chi connectivity index (χ2v) is 8.66. The van der Waals surface area contributed by atoms with Gasteiger partial charge in [0.25, 0.3) is 6.36 Å². The molecule has 2 bridgehead atoms. The largest absolute Gasteiger partial charge is 0.487 e. The molecule has 2 atom stereocenters. The maximum Gasteiger partial charge on any atom is 0.487 e. The van der Waals surface area contributed by atoms with Crippen molar-refractivity contribution in [2.45, 2.75) is 18.1 Å². The number of rotatable bonds is 5. The number of nitrogens with zero attached hydrogens (tertiary/aromatic N) is 6. The number of hydrogen-bond acceptors (Lipinski definition) is 11. The lowest BCUT2D eigenvalue weighted by Gasteiger charge is -2.38. The van der Waals surface area contributed by atoms with Gasteiger partial charge in [-0.1, -0.05) is 12.6 Å². The summed E-state index contributed by atoms with van der Waals surface area (Å²) >= 11 is 0. The highest BCUT2D eigenvalue weighted by molar-refractivity contribution is 7.50. The molecule has 3 aromatic rings. The van der Waals surface area contributed by atoms with Crippen molar-refractivity contribution in [2.75, 3.05) is 4.90 Å². The van der Waals surface area contributed by atoms with Crippen LogP contribution in [0.5, 0.6) is 0 Å². The molecular weight excluding hydrogens is 481 g/mol. The Morgan fingerprint density at radius 1 is 1.24 bits per heavy atom. The first kappa shape index (κ1) is 20.9. The summed E-state index contributed by atoms with van der Waals surface area (Å²) in [6, 6.07) is 6.66. The molecule has 1 amide bonds. The molecule has 4 aliphatic rings. The Labute approximate surface area is 187 Å². The summed E-state index contributed by atoms with van der Waals surface area (Å²) in [5.74, 6) is -5.91. The average molecular weight is 492 g/mol. The van der Waals surface area contributed by atoms with Gasteiger partial charge in [0.05, 0.1) is 5.69 Å². The van der Waals surface area contributed by atoms with Crippen molar-refractivity contribution in [1.29, 1.82) is 0 Å². The van der Waals surface area contributed by atoms with Crippen molar-refractivity contribution in [2.24, 2.45) is 0 Å². The number of pyridine rings is 1. The first-order valence-corrected chi connectivity index (χ1v) is 10.9. The summed E-state index contributed by atoms with van der Waals surface area (Å²) in [6.07, 6.45) is -1.50. The number of hydrogen-bond donors (Lipinski definition) is 1. The van der Waals surface area contributed by atoms with Crippen molar-refractivity contribution in [3.8, 4) is 22.6 Å². The van der Waals surface area contributed by atoms with Gasteiger partial charge >= 0.3 is 25.6 Å². The SMILES string of the molecule is C=Cn1nnc(-c2ccc(-c3ccc(N4C(=O)O[C@]5([C@@H](O)F)OP6(=O)OC45O6)cc3F)cn2)n1. The molecule has 4 saturated heterocycles. The van der Waals surface area contributed by atoms with E-state index in [2.05, 4.69) is 27.0 Å². The molecule has 174 valence electrons. The average Bonchev–Trinajstić information content (AvgIpc) is 3.47. The van der Waals surface area contributed by atoms with Crippen molar-refractivity contribution >= 4 is 25.8 Å². The van der Waals surface area contributed by atoms with E-state index in [4.69, 9.17) is 18.3 Å². The molecule has 1 aromatic carbocycles.